The third kappa shape index (κ3) is 7.67. The molecule has 0 saturated heterocycles. The van der Waals surface area contributed by atoms with Crippen molar-refractivity contribution in [1.82, 2.24) is 0 Å². The molecular formula is C76H68B3N3O3S2. The summed E-state index contributed by atoms with van der Waals surface area (Å²) in [6, 6.07) is 52.1. The van der Waals surface area contributed by atoms with Crippen molar-refractivity contribution in [3.63, 3.8) is 0 Å². The smallest absolute Gasteiger partial charge is 0.268 e. The molecule has 0 unspecified atom stereocenters. The molecule has 0 aliphatic carbocycles. The molecule has 426 valence electrons. The van der Waals surface area contributed by atoms with E-state index in [-0.39, 0.29) is 36.4 Å². The number of aryl methyl sites for hydroxylation is 6. The largest absolute Gasteiger partial charge is 0.458 e. The van der Waals surface area contributed by atoms with Crippen molar-refractivity contribution in [2.45, 2.75) is 120 Å². The topological polar surface area (TPSA) is 46.2 Å². The molecule has 87 heavy (non-hydrogen) atoms. The molecule has 0 saturated carbocycles. The third-order valence-electron chi connectivity index (χ3n) is 19.6. The van der Waals surface area contributed by atoms with Gasteiger partial charge in [-0.25, -0.2) is 0 Å². The first-order valence-corrected chi connectivity index (χ1v) is 32.6. The monoisotopic (exact) mass is 1170 g/mol. The van der Waals surface area contributed by atoms with E-state index >= 15 is 0 Å². The van der Waals surface area contributed by atoms with Crippen LogP contribution in [0.25, 0.3) is 20.2 Å². The van der Waals surface area contributed by atoms with E-state index in [1.54, 1.807) is 0 Å². The van der Waals surface area contributed by atoms with Crippen molar-refractivity contribution >= 4 is 156 Å². The van der Waals surface area contributed by atoms with E-state index in [0.29, 0.717) is 0 Å². The zero-order chi connectivity index (χ0) is 60.0. The van der Waals surface area contributed by atoms with Crippen molar-refractivity contribution < 1.29 is 14.2 Å². The second-order valence-electron chi connectivity index (χ2n) is 29.0. The first-order chi connectivity index (χ1) is 41.4. The highest BCUT2D eigenvalue weighted by molar-refractivity contribution is 7.34. The first-order valence-electron chi connectivity index (χ1n) is 31.0. The van der Waals surface area contributed by atoms with E-state index in [4.69, 9.17) is 14.2 Å². The average molecular weight is 1170 g/mol. The van der Waals surface area contributed by atoms with Crippen LogP contribution in [0, 0.1) is 41.5 Å². The molecule has 0 atom stereocenters. The second kappa shape index (κ2) is 17.8. The summed E-state index contributed by atoms with van der Waals surface area (Å²) in [5, 5.41) is 6.35. The van der Waals surface area contributed by atoms with Crippen molar-refractivity contribution in [2.75, 3.05) is 15.1 Å². The van der Waals surface area contributed by atoms with Gasteiger partial charge in [-0.1, -0.05) is 116 Å². The van der Waals surface area contributed by atoms with Gasteiger partial charge in [0, 0.05) is 75.6 Å². The summed E-state index contributed by atoms with van der Waals surface area (Å²) < 4.78 is 27.0. The van der Waals surface area contributed by atoms with Gasteiger partial charge in [-0.15, -0.1) is 22.7 Å². The van der Waals surface area contributed by atoms with Crippen LogP contribution in [0.2, 0.25) is 0 Å². The Labute approximate surface area is 520 Å². The van der Waals surface area contributed by atoms with Gasteiger partial charge in [-0.3, -0.25) is 0 Å². The Morgan fingerprint density at radius 3 is 1.44 bits per heavy atom. The number of ether oxygens (including phenoxy) is 3. The Kier molecular flexibility index (Phi) is 10.9. The van der Waals surface area contributed by atoms with Crippen molar-refractivity contribution in [1.29, 1.82) is 0 Å². The SMILES string of the molecule is Cc1cc(C)c(N2c3cc4c(cc3B3c5cc6c(cc5Oc5cc(C)cc2c53)Nc2cc(C)cc3c2B6c2sc5ccc(C(C)(C)C)cc5c2O3)B2c3sc5ccc(C(C)(C)C)cc5c3Oc3cc(C)cc(c32)N4c2ccc(C(C)(C)C)cc2)c(C)c1. The van der Waals surface area contributed by atoms with Gasteiger partial charge in [-0.05, 0) is 219 Å². The molecule has 17 rings (SSSR count). The van der Waals surface area contributed by atoms with Crippen LogP contribution in [-0.2, 0) is 16.2 Å². The lowest BCUT2D eigenvalue weighted by Crippen LogP contribution is -2.64. The summed E-state index contributed by atoms with van der Waals surface area (Å²) in [4.78, 5) is 5.17. The number of hydrogen-bond donors (Lipinski definition) is 1. The molecule has 2 aromatic heterocycles. The number of fused-ring (bicyclic) bond motifs is 16. The maximum absolute atomic E-state index is 7.48. The predicted octanol–water partition coefficient (Wildman–Crippen LogP) is 15.3. The van der Waals surface area contributed by atoms with Gasteiger partial charge >= 0.3 is 0 Å². The molecule has 0 radical (unpaired) electrons. The summed E-state index contributed by atoms with van der Waals surface area (Å²) in [5.41, 5.74) is 28.6. The molecule has 11 heteroatoms. The number of hydrogen-bond acceptors (Lipinski definition) is 8. The van der Waals surface area contributed by atoms with Gasteiger partial charge in [-0.2, -0.15) is 0 Å². The number of anilines is 8. The third-order valence-corrected chi connectivity index (χ3v) is 22.0. The molecule has 6 aliphatic rings. The molecule has 1 N–H and O–H groups in total. The quantitative estimate of drug-likeness (QED) is 0.174. The molecule has 9 aromatic carbocycles. The fraction of sp³-hybridized carbons (Fsp3) is 0.237. The summed E-state index contributed by atoms with van der Waals surface area (Å²) >= 11 is 3.77. The van der Waals surface area contributed by atoms with Gasteiger partial charge in [0.15, 0.2) is 0 Å². The lowest BCUT2D eigenvalue weighted by molar-refractivity contribution is 0.487. The van der Waals surface area contributed by atoms with Crippen LogP contribution in [0.15, 0.2) is 133 Å². The van der Waals surface area contributed by atoms with Crippen LogP contribution in [0.3, 0.4) is 0 Å². The zero-order valence-electron chi connectivity index (χ0n) is 52.4. The van der Waals surface area contributed by atoms with E-state index in [1.807, 2.05) is 22.7 Å². The van der Waals surface area contributed by atoms with Gasteiger partial charge in [0.25, 0.3) is 20.1 Å². The Bertz CT molecular complexity index is 4910. The van der Waals surface area contributed by atoms with E-state index in [9.17, 15) is 0 Å². The zero-order valence-corrected chi connectivity index (χ0v) is 54.0. The molecule has 11 aromatic rings. The van der Waals surface area contributed by atoms with Crippen molar-refractivity contribution in [3.8, 4) is 34.5 Å². The summed E-state index contributed by atoms with van der Waals surface area (Å²) in [6.45, 7) is 33.8. The maximum Gasteiger partial charge on any atom is 0.268 e. The molecule has 0 bridgehead atoms. The highest BCUT2D eigenvalue weighted by Crippen LogP contribution is 2.51. The average Bonchev–Trinajstić information content (AvgIpc) is 1.46. The molecule has 6 aliphatic heterocycles. The number of nitrogens with one attached hydrogen (secondary N) is 1. The van der Waals surface area contributed by atoms with E-state index < -0.39 is 0 Å². The molecular weight excluding hydrogens is 1100 g/mol. The normalized spacial score (nSPS) is 14.6. The minimum atomic E-state index is -0.198. The molecule has 8 heterocycles. The second-order valence-corrected chi connectivity index (χ2v) is 31.2. The van der Waals surface area contributed by atoms with Gasteiger partial charge in [0.2, 0.25) is 0 Å². The van der Waals surface area contributed by atoms with Crippen molar-refractivity contribution in [3.05, 3.63) is 184 Å². The number of nitrogens with zero attached hydrogens (tertiary/aromatic N) is 2. The first kappa shape index (κ1) is 53.2. The minimum absolute atomic E-state index is 0.0149. The van der Waals surface area contributed by atoms with E-state index in [0.717, 1.165) is 79.6 Å². The van der Waals surface area contributed by atoms with Gasteiger partial charge in [0.1, 0.15) is 34.5 Å². The van der Waals surface area contributed by atoms with Gasteiger partial charge in [0.05, 0.1) is 5.69 Å². The molecule has 0 amide bonds. The minimum Gasteiger partial charge on any atom is -0.458 e. The summed E-state index contributed by atoms with van der Waals surface area (Å²) in [7, 11) is 0. The Morgan fingerprint density at radius 1 is 0.379 bits per heavy atom. The number of rotatable bonds is 2. The Morgan fingerprint density at radius 2 is 0.851 bits per heavy atom. The molecule has 0 spiro atoms. The van der Waals surface area contributed by atoms with Crippen molar-refractivity contribution in [2.24, 2.45) is 0 Å². The maximum atomic E-state index is 7.48. The fourth-order valence-corrected chi connectivity index (χ4v) is 18.0. The van der Waals surface area contributed by atoms with Crippen LogP contribution < -0.4 is 77.1 Å². The lowest BCUT2D eigenvalue weighted by Gasteiger charge is -2.45. The Balaban J connectivity index is 0.964. The molecule has 0 fully saturated rings. The summed E-state index contributed by atoms with van der Waals surface area (Å²) in [6.07, 6.45) is 0. The summed E-state index contributed by atoms with van der Waals surface area (Å²) in [5.74, 6) is 5.59. The standard InChI is InChI=1S/C76H68B3N3O3S2/c1-38-24-42(5)69(43(6)25-38)82-57-37-56-52(79-68-58(81(56)47-20-16-44(17-21-47)74(7,8)9)27-40(3)31-63(68)85-71-49-33-46(76(13,14)15)19-23-65(49)87-73(71)79)35-51(57)77-53-34-50-54(36-60(53)83-62-30-41(4)28-59(82)67(62)77)80-55-26-39(2)29-61-66(55)78(50)72-70(84-61)48-32-45(75(10,11)12)18-22-64(48)86-72/h16-37,80H,1-15H3. The van der Waals surface area contributed by atoms with Crippen LogP contribution in [-0.4, -0.2) is 20.1 Å². The Hall–Kier alpha value is -8.11. The number of thiophene rings is 2. The fourth-order valence-electron chi connectivity index (χ4n) is 15.5. The highest BCUT2D eigenvalue weighted by atomic mass is 32.1. The highest BCUT2D eigenvalue weighted by Gasteiger charge is 2.50. The molecule has 6 nitrogen and oxygen atoms in total. The van der Waals surface area contributed by atoms with Crippen LogP contribution >= 0.6 is 22.7 Å². The van der Waals surface area contributed by atoms with Crippen LogP contribution in [0.5, 0.6) is 34.5 Å². The van der Waals surface area contributed by atoms with Crippen LogP contribution in [0.4, 0.5) is 45.5 Å². The van der Waals surface area contributed by atoms with E-state index in [2.05, 4.69) is 252 Å². The van der Waals surface area contributed by atoms with Gasteiger partial charge < -0.3 is 29.3 Å². The predicted molar refractivity (Wildman–Crippen MR) is 374 cm³/mol. The number of benzene rings is 9. The van der Waals surface area contributed by atoms with Crippen LogP contribution in [0.1, 0.15) is 112 Å². The van der Waals surface area contributed by atoms with E-state index in [1.165, 1.54) is 118 Å². The lowest BCUT2D eigenvalue weighted by atomic mass is 9.30.